The zero-order valence-corrected chi connectivity index (χ0v) is 8.11. The molecule has 0 fully saturated rings. The molecule has 0 amide bonds. The molecule has 0 saturated carbocycles. The number of ether oxygens (including phenoxy) is 3. The average Bonchev–Trinajstić information content (AvgIpc) is 2.25. The molecule has 0 bridgehead atoms. The van der Waals surface area contributed by atoms with Crippen LogP contribution in [0.3, 0.4) is 0 Å². The topological polar surface area (TPSA) is 51.5 Å². The third-order valence-corrected chi connectivity index (χ3v) is 1.63. The van der Waals surface area contributed by atoms with Crippen LogP contribution in [0.2, 0.25) is 0 Å². The molecule has 0 atom stereocenters. The third kappa shape index (κ3) is 2.38. The summed E-state index contributed by atoms with van der Waals surface area (Å²) in [7, 11) is 3.07. The van der Waals surface area contributed by atoms with Gasteiger partial charge in [-0.25, -0.2) is 0 Å². The van der Waals surface area contributed by atoms with Gasteiger partial charge in [0.2, 0.25) is 0 Å². The second kappa shape index (κ2) is 5.10. The minimum Gasteiger partial charge on any atom is -0.493 e. The number of hydrogen-bond donors (Lipinski definition) is 0. The Hall–Kier alpha value is -1.73. The lowest BCUT2D eigenvalue weighted by Crippen LogP contribution is -2.00. The number of nitriles is 1. The normalized spacial score (nSPS) is 9.21. The first kappa shape index (κ1) is 10.4. The molecule has 0 aromatic heterocycles. The van der Waals surface area contributed by atoms with Gasteiger partial charge < -0.3 is 14.2 Å². The van der Waals surface area contributed by atoms with Crippen molar-refractivity contribution in [2.75, 3.05) is 21.0 Å². The molecular weight excluding hydrogens is 182 g/mol. The molecule has 0 heterocycles. The molecule has 0 aliphatic heterocycles. The highest BCUT2D eigenvalue weighted by Gasteiger charge is 2.04. The summed E-state index contributed by atoms with van der Waals surface area (Å²) >= 11 is 0. The summed E-state index contributed by atoms with van der Waals surface area (Å²) in [6, 6.07) is 6.98. The molecule has 0 N–H and O–H groups in total. The Labute approximate surface area is 82.6 Å². The molecule has 0 aliphatic rings. The fourth-order valence-corrected chi connectivity index (χ4v) is 0.981. The number of rotatable bonds is 4. The van der Waals surface area contributed by atoms with Crippen LogP contribution in [0.4, 0.5) is 0 Å². The smallest absolute Gasteiger partial charge is 0.188 e. The lowest BCUT2D eigenvalue weighted by Gasteiger charge is -2.09. The van der Waals surface area contributed by atoms with Crippen molar-refractivity contribution in [1.82, 2.24) is 0 Å². The Balaban J connectivity index is 2.91. The monoisotopic (exact) mass is 193 g/mol. The van der Waals surface area contributed by atoms with E-state index in [9.17, 15) is 0 Å². The standard InChI is InChI=1S/C10H11NO3/c1-12-7-14-10-5-8(6-11)3-4-9(10)13-2/h3-5H,7H2,1-2H3. The average molecular weight is 193 g/mol. The molecule has 0 saturated heterocycles. The van der Waals surface area contributed by atoms with Gasteiger partial charge in [0, 0.05) is 13.2 Å². The van der Waals surface area contributed by atoms with E-state index in [0.717, 1.165) is 0 Å². The number of benzene rings is 1. The van der Waals surface area contributed by atoms with Crippen LogP contribution >= 0.6 is 0 Å². The Kier molecular flexibility index (Phi) is 3.77. The minimum absolute atomic E-state index is 0.130. The van der Waals surface area contributed by atoms with E-state index in [1.54, 1.807) is 25.3 Å². The molecule has 4 heteroatoms. The van der Waals surface area contributed by atoms with Crippen molar-refractivity contribution in [3.05, 3.63) is 23.8 Å². The van der Waals surface area contributed by atoms with Crippen LogP contribution in [0, 0.1) is 11.3 Å². The highest BCUT2D eigenvalue weighted by Crippen LogP contribution is 2.27. The fraction of sp³-hybridized carbons (Fsp3) is 0.300. The second-order valence-electron chi connectivity index (χ2n) is 2.53. The molecule has 1 aromatic rings. The highest BCUT2D eigenvalue weighted by molar-refractivity contribution is 5.46. The first-order valence-corrected chi connectivity index (χ1v) is 4.01. The number of hydrogen-bond acceptors (Lipinski definition) is 4. The molecule has 14 heavy (non-hydrogen) atoms. The fourth-order valence-electron chi connectivity index (χ4n) is 0.981. The Morgan fingerprint density at radius 2 is 2.07 bits per heavy atom. The van der Waals surface area contributed by atoms with Crippen molar-refractivity contribution in [3.8, 4) is 17.6 Å². The van der Waals surface area contributed by atoms with E-state index in [-0.39, 0.29) is 6.79 Å². The summed E-state index contributed by atoms with van der Waals surface area (Å²) in [5.74, 6) is 1.09. The predicted octanol–water partition coefficient (Wildman–Crippen LogP) is 1.55. The van der Waals surface area contributed by atoms with E-state index in [0.29, 0.717) is 17.1 Å². The van der Waals surface area contributed by atoms with Gasteiger partial charge in [0.25, 0.3) is 0 Å². The van der Waals surface area contributed by atoms with Crippen molar-refractivity contribution in [2.24, 2.45) is 0 Å². The maximum atomic E-state index is 8.67. The largest absolute Gasteiger partial charge is 0.493 e. The van der Waals surface area contributed by atoms with E-state index in [4.69, 9.17) is 19.5 Å². The van der Waals surface area contributed by atoms with Crippen molar-refractivity contribution in [1.29, 1.82) is 5.26 Å². The minimum atomic E-state index is 0.130. The summed E-state index contributed by atoms with van der Waals surface area (Å²) in [5, 5.41) is 8.67. The SMILES string of the molecule is COCOc1cc(C#N)ccc1OC. The molecular formula is C10H11NO3. The summed E-state index contributed by atoms with van der Waals surface area (Å²) in [6.07, 6.45) is 0. The van der Waals surface area contributed by atoms with Gasteiger partial charge in [-0.2, -0.15) is 5.26 Å². The zero-order valence-electron chi connectivity index (χ0n) is 8.11. The van der Waals surface area contributed by atoms with Gasteiger partial charge in [0.15, 0.2) is 18.3 Å². The van der Waals surface area contributed by atoms with Crippen molar-refractivity contribution in [2.45, 2.75) is 0 Å². The van der Waals surface area contributed by atoms with Crippen LogP contribution in [0.15, 0.2) is 18.2 Å². The van der Waals surface area contributed by atoms with Gasteiger partial charge in [0.1, 0.15) is 0 Å². The van der Waals surface area contributed by atoms with Gasteiger partial charge in [-0.15, -0.1) is 0 Å². The van der Waals surface area contributed by atoms with Crippen LogP contribution in [-0.2, 0) is 4.74 Å². The summed E-state index contributed by atoms with van der Waals surface area (Å²) < 4.78 is 15.0. The maximum absolute atomic E-state index is 8.67. The molecule has 0 aliphatic carbocycles. The molecule has 74 valence electrons. The first-order valence-electron chi connectivity index (χ1n) is 4.01. The molecule has 0 radical (unpaired) electrons. The van der Waals surface area contributed by atoms with Crippen molar-refractivity contribution < 1.29 is 14.2 Å². The Morgan fingerprint density at radius 3 is 2.64 bits per heavy atom. The predicted molar refractivity (Wildman–Crippen MR) is 50.2 cm³/mol. The second-order valence-corrected chi connectivity index (χ2v) is 2.53. The van der Waals surface area contributed by atoms with E-state index >= 15 is 0 Å². The Morgan fingerprint density at radius 1 is 1.29 bits per heavy atom. The summed E-state index contributed by atoms with van der Waals surface area (Å²) in [5.41, 5.74) is 0.525. The van der Waals surface area contributed by atoms with Crippen LogP contribution in [-0.4, -0.2) is 21.0 Å². The summed E-state index contributed by atoms with van der Waals surface area (Å²) in [4.78, 5) is 0. The van der Waals surface area contributed by atoms with Gasteiger partial charge in [-0.05, 0) is 12.1 Å². The molecule has 1 rings (SSSR count). The van der Waals surface area contributed by atoms with Gasteiger partial charge in [-0.3, -0.25) is 0 Å². The van der Waals surface area contributed by atoms with Gasteiger partial charge >= 0.3 is 0 Å². The summed E-state index contributed by atoms with van der Waals surface area (Å²) in [6.45, 7) is 0.130. The first-order chi connectivity index (χ1) is 6.81. The zero-order chi connectivity index (χ0) is 10.4. The van der Waals surface area contributed by atoms with E-state index in [1.807, 2.05) is 6.07 Å². The lowest BCUT2D eigenvalue weighted by molar-refractivity contribution is 0.0491. The van der Waals surface area contributed by atoms with Crippen LogP contribution in [0.5, 0.6) is 11.5 Å². The van der Waals surface area contributed by atoms with Gasteiger partial charge in [0.05, 0.1) is 18.7 Å². The van der Waals surface area contributed by atoms with Gasteiger partial charge in [-0.1, -0.05) is 0 Å². The molecule has 0 spiro atoms. The van der Waals surface area contributed by atoms with Crippen molar-refractivity contribution >= 4 is 0 Å². The van der Waals surface area contributed by atoms with Crippen LogP contribution in [0.25, 0.3) is 0 Å². The van der Waals surface area contributed by atoms with E-state index in [2.05, 4.69) is 0 Å². The molecule has 4 nitrogen and oxygen atoms in total. The number of methoxy groups -OCH3 is 2. The lowest BCUT2D eigenvalue weighted by atomic mass is 10.2. The van der Waals surface area contributed by atoms with Crippen molar-refractivity contribution in [3.63, 3.8) is 0 Å². The quantitative estimate of drug-likeness (QED) is 0.681. The highest BCUT2D eigenvalue weighted by atomic mass is 16.7. The van der Waals surface area contributed by atoms with Crippen LogP contribution < -0.4 is 9.47 Å². The maximum Gasteiger partial charge on any atom is 0.188 e. The number of nitrogens with zero attached hydrogens (tertiary/aromatic N) is 1. The Bertz CT molecular complexity index is 344. The van der Waals surface area contributed by atoms with Crippen LogP contribution in [0.1, 0.15) is 5.56 Å². The molecule has 0 unspecified atom stereocenters. The van der Waals surface area contributed by atoms with E-state index in [1.165, 1.54) is 7.11 Å². The molecule has 1 aromatic carbocycles. The van der Waals surface area contributed by atoms with E-state index < -0.39 is 0 Å². The third-order valence-electron chi connectivity index (χ3n) is 1.63.